The number of nitrogens with zero attached hydrogens (tertiary/aromatic N) is 4. The van der Waals surface area contributed by atoms with Crippen LogP contribution in [0.1, 0.15) is 10.4 Å². The summed E-state index contributed by atoms with van der Waals surface area (Å²) >= 11 is 0. The Morgan fingerprint density at radius 1 is 0.917 bits per heavy atom. The zero-order valence-corrected chi connectivity index (χ0v) is 13.5. The number of hydrogen-bond acceptors (Lipinski definition) is 5. The van der Waals surface area contributed by atoms with Crippen molar-refractivity contribution in [3.63, 3.8) is 0 Å². The largest absolute Gasteiger partial charge is 0.345 e. The molecule has 0 aliphatic carbocycles. The van der Waals surface area contributed by atoms with Gasteiger partial charge in [0.25, 0.3) is 5.91 Å². The van der Waals surface area contributed by atoms with Crippen molar-refractivity contribution in [1.29, 1.82) is 0 Å². The first-order valence-electron chi connectivity index (χ1n) is 7.47. The first kappa shape index (κ1) is 15.6. The molecule has 0 spiro atoms. The molecule has 0 fully saturated rings. The van der Waals surface area contributed by atoms with Gasteiger partial charge in [0.05, 0.1) is 17.0 Å². The molecule has 0 aromatic carbocycles. The molecule has 1 N–H and O–H groups in total. The van der Waals surface area contributed by atoms with Crippen LogP contribution < -0.4 is 5.32 Å². The lowest BCUT2D eigenvalue weighted by Gasteiger charge is -2.15. The SMILES string of the molecule is CN(C)C(=O)c1ccc(-c2ccccn2)nc1Nc1ccccn1. The third-order valence-corrected chi connectivity index (χ3v) is 3.37. The van der Waals surface area contributed by atoms with Gasteiger partial charge < -0.3 is 10.2 Å². The van der Waals surface area contributed by atoms with E-state index in [0.29, 0.717) is 22.9 Å². The molecule has 3 rings (SSSR count). The van der Waals surface area contributed by atoms with Gasteiger partial charge in [0, 0.05) is 26.5 Å². The Balaban J connectivity index is 2.05. The van der Waals surface area contributed by atoms with Crippen LogP contribution in [-0.4, -0.2) is 39.9 Å². The van der Waals surface area contributed by atoms with E-state index < -0.39 is 0 Å². The van der Waals surface area contributed by atoms with Crippen molar-refractivity contribution in [2.24, 2.45) is 0 Å². The fraction of sp³-hybridized carbons (Fsp3) is 0.111. The number of hydrogen-bond donors (Lipinski definition) is 1. The molecular weight excluding hydrogens is 302 g/mol. The van der Waals surface area contributed by atoms with Crippen LogP contribution in [0.5, 0.6) is 0 Å². The molecule has 3 heterocycles. The molecule has 0 unspecified atom stereocenters. The first-order valence-corrected chi connectivity index (χ1v) is 7.47. The minimum absolute atomic E-state index is 0.131. The summed E-state index contributed by atoms with van der Waals surface area (Å²) in [5.74, 6) is 0.944. The Kier molecular flexibility index (Phi) is 4.47. The molecule has 6 heteroatoms. The molecule has 1 amide bonds. The number of carbonyl (C=O) groups excluding carboxylic acids is 1. The van der Waals surface area contributed by atoms with Crippen molar-refractivity contribution in [1.82, 2.24) is 19.9 Å². The molecule has 0 atom stereocenters. The highest BCUT2D eigenvalue weighted by atomic mass is 16.2. The van der Waals surface area contributed by atoms with Crippen LogP contribution in [0.15, 0.2) is 60.9 Å². The Hall–Kier alpha value is -3.28. The van der Waals surface area contributed by atoms with Crippen molar-refractivity contribution in [3.8, 4) is 11.4 Å². The van der Waals surface area contributed by atoms with Gasteiger partial charge in [-0.1, -0.05) is 12.1 Å². The van der Waals surface area contributed by atoms with Gasteiger partial charge in [-0.15, -0.1) is 0 Å². The molecule has 0 radical (unpaired) electrons. The van der Waals surface area contributed by atoms with Crippen LogP contribution in [0.4, 0.5) is 11.6 Å². The molecule has 24 heavy (non-hydrogen) atoms. The number of aromatic nitrogens is 3. The Morgan fingerprint density at radius 3 is 2.29 bits per heavy atom. The summed E-state index contributed by atoms with van der Waals surface area (Å²) in [6.45, 7) is 0. The summed E-state index contributed by atoms with van der Waals surface area (Å²) in [4.78, 5) is 27.0. The number of anilines is 2. The van der Waals surface area contributed by atoms with Gasteiger partial charge in [0.15, 0.2) is 0 Å². The Morgan fingerprint density at radius 2 is 1.67 bits per heavy atom. The number of amides is 1. The van der Waals surface area contributed by atoms with Crippen LogP contribution in [0.25, 0.3) is 11.4 Å². The summed E-state index contributed by atoms with van der Waals surface area (Å²) in [6, 6.07) is 14.7. The van der Waals surface area contributed by atoms with E-state index in [9.17, 15) is 4.79 Å². The zero-order chi connectivity index (χ0) is 16.9. The average molecular weight is 319 g/mol. The van der Waals surface area contributed by atoms with E-state index in [1.165, 1.54) is 4.90 Å². The number of nitrogens with one attached hydrogen (secondary N) is 1. The fourth-order valence-corrected chi connectivity index (χ4v) is 2.18. The molecule has 0 saturated heterocycles. The van der Waals surface area contributed by atoms with Crippen LogP contribution in [0.3, 0.4) is 0 Å². The number of rotatable bonds is 4. The van der Waals surface area contributed by atoms with Gasteiger partial charge in [-0.05, 0) is 36.4 Å². The molecule has 0 aliphatic rings. The highest BCUT2D eigenvalue weighted by Gasteiger charge is 2.16. The summed E-state index contributed by atoms with van der Waals surface area (Å²) in [5.41, 5.74) is 1.90. The Labute approximate surface area is 140 Å². The molecule has 120 valence electrons. The third kappa shape index (κ3) is 3.38. The third-order valence-electron chi connectivity index (χ3n) is 3.37. The second kappa shape index (κ2) is 6.87. The van der Waals surface area contributed by atoms with Crippen LogP contribution >= 0.6 is 0 Å². The fourth-order valence-electron chi connectivity index (χ4n) is 2.18. The maximum atomic E-state index is 12.4. The first-order chi connectivity index (χ1) is 11.6. The van der Waals surface area contributed by atoms with Gasteiger partial charge in [-0.3, -0.25) is 9.78 Å². The van der Waals surface area contributed by atoms with Crippen molar-refractivity contribution in [2.45, 2.75) is 0 Å². The van der Waals surface area contributed by atoms with E-state index in [4.69, 9.17) is 0 Å². The van der Waals surface area contributed by atoms with Crippen molar-refractivity contribution < 1.29 is 4.79 Å². The van der Waals surface area contributed by atoms with Crippen molar-refractivity contribution >= 4 is 17.5 Å². The van der Waals surface area contributed by atoms with Crippen LogP contribution in [0.2, 0.25) is 0 Å². The highest BCUT2D eigenvalue weighted by Crippen LogP contribution is 2.23. The quantitative estimate of drug-likeness (QED) is 0.800. The second-order valence-electron chi connectivity index (χ2n) is 5.35. The zero-order valence-electron chi connectivity index (χ0n) is 13.5. The van der Waals surface area contributed by atoms with Crippen LogP contribution in [0, 0.1) is 0 Å². The summed E-state index contributed by atoms with van der Waals surface area (Å²) in [5, 5.41) is 3.12. The molecule has 3 aromatic heterocycles. The second-order valence-corrected chi connectivity index (χ2v) is 5.35. The predicted octanol–water partition coefficient (Wildman–Crippen LogP) is 2.98. The minimum Gasteiger partial charge on any atom is -0.345 e. The van der Waals surface area contributed by atoms with Gasteiger partial charge in [0.1, 0.15) is 11.6 Å². The Bertz CT molecular complexity index is 835. The molecule has 0 bridgehead atoms. The monoisotopic (exact) mass is 319 g/mol. The van der Waals surface area contributed by atoms with Gasteiger partial charge in [0.2, 0.25) is 0 Å². The van der Waals surface area contributed by atoms with E-state index in [2.05, 4.69) is 20.3 Å². The molecule has 0 aliphatic heterocycles. The maximum absolute atomic E-state index is 12.4. The topological polar surface area (TPSA) is 71.0 Å². The molecule has 0 saturated carbocycles. The van der Waals surface area contributed by atoms with E-state index in [1.807, 2.05) is 36.4 Å². The standard InChI is InChI=1S/C18H17N5O/c1-23(2)18(24)13-9-10-15(14-7-3-5-11-19-14)21-17(13)22-16-8-4-6-12-20-16/h3-12H,1-2H3,(H,20,21,22). The van der Waals surface area contributed by atoms with Gasteiger partial charge in [-0.25, -0.2) is 9.97 Å². The normalized spacial score (nSPS) is 10.2. The van der Waals surface area contributed by atoms with Crippen molar-refractivity contribution in [2.75, 3.05) is 19.4 Å². The minimum atomic E-state index is -0.131. The molecule has 6 nitrogen and oxygen atoms in total. The van der Waals surface area contributed by atoms with E-state index in [-0.39, 0.29) is 5.91 Å². The highest BCUT2D eigenvalue weighted by molar-refractivity contribution is 5.99. The van der Waals surface area contributed by atoms with Gasteiger partial charge >= 0.3 is 0 Å². The lowest BCUT2D eigenvalue weighted by Crippen LogP contribution is -2.23. The number of pyridine rings is 3. The summed E-state index contributed by atoms with van der Waals surface area (Å²) in [6.07, 6.45) is 3.39. The van der Waals surface area contributed by atoms with E-state index >= 15 is 0 Å². The summed E-state index contributed by atoms with van der Waals surface area (Å²) in [7, 11) is 3.42. The smallest absolute Gasteiger partial charge is 0.257 e. The molecule has 3 aromatic rings. The average Bonchev–Trinajstić information content (AvgIpc) is 2.62. The molecular formula is C18H17N5O. The lowest BCUT2D eigenvalue weighted by atomic mass is 10.1. The summed E-state index contributed by atoms with van der Waals surface area (Å²) < 4.78 is 0. The van der Waals surface area contributed by atoms with Gasteiger partial charge in [-0.2, -0.15) is 0 Å². The number of carbonyl (C=O) groups is 1. The van der Waals surface area contributed by atoms with Crippen LogP contribution in [-0.2, 0) is 0 Å². The maximum Gasteiger partial charge on any atom is 0.257 e. The predicted molar refractivity (Wildman–Crippen MR) is 93.0 cm³/mol. The lowest BCUT2D eigenvalue weighted by molar-refractivity contribution is 0.0828. The van der Waals surface area contributed by atoms with Crippen molar-refractivity contribution in [3.05, 3.63) is 66.5 Å². The van der Waals surface area contributed by atoms with E-state index in [0.717, 1.165) is 5.69 Å². The van der Waals surface area contributed by atoms with E-state index in [1.54, 1.807) is 38.6 Å².